The van der Waals surface area contributed by atoms with Crippen molar-refractivity contribution < 1.29 is 23.8 Å². The summed E-state index contributed by atoms with van der Waals surface area (Å²) in [6.07, 6.45) is 4.30. The van der Waals surface area contributed by atoms with Gasteiger partial charge in [0.15, 0.2) is 5.75 Å². The number of nitrogens with zero attached hydrogens (tertiary/aromatic N) is 5. The highest BCUT2D eigenvalue weighted by Gasteiger charge is 2.56. The SMILES string of the molecule is C[C@@H]1CN(c2ncc(OCc3ccccc3)cn2)C[C@H](C)N1C(=O)OC1CC2(C1)CN(C(=O)OC(C)(C)C)C2. The van der Waals surface area contributed by atoms with E-state index >= 15 is 0 Å². The Morgan fingerprint density at radius 2 is 1.59 bits per heavy atom. The van der Waals surface area contributed by atoms with Crippen molar-refractivity contribution in [3.05, 3.63) is 48.3 Å². The third kappa shape index (κ3) is 6.20. The Bertz CT molecular complexity index is 1140. The number of hydrogen-bond donors (Lipinski definition) is 0. The molecule has 2 aliphatic heterocycles. The normalized spacial score (nSPS) is 22.6. The van der Waals surface area contributed by atoms with Crippen LogP contribution >= 0.6 is 0 Å². The number of benzene rings is 1. The molecule has 0 bridgehead atoms. The molecule has 10 nitrogen and oxygen atoms in total. The molecule has 3 heterocycles. The molecule has 2 atom stereocenters. The van der Waals surface area contributed by atoms with Crippen molar-refractivity contribution in [2.45, 2.75) is 77.9 Å². The highest BCUT2D eigenvalue weighted by atomic mass is 16.6. The molecular formula is C29H39N5O5. The van der Waals surface area contributed by atoms with Gasteiger partial charge >= 0.3 is 12.2 Å². The fraction of sp³-hybridized carbons (Fsp3) is 0.586. The van der Waals surface area contributed by atoms with Crippen LogP contribution < -0.4 is 9.64 Å². The molecule has 2 saturated heterocycles. The highest BCUT2D eigenvalue weighted by Crippen LogP contribution is 2.50. The van der Waals surface area contributed by atoms with E-state index in [1.54, 1.807) is 17.3 Å². The largest absolute Gasteiger partial charge is 0.486 e. The monoisotopic (exact) mass is 537 g/mol. The number of hydrogen-bond acceptors (Lipinski definition) is 8. The van der Waals surface area contributed by atoms with Crippen molar-refractivity contribution in [1.29, 1.82) is 0 Å². The molecule has 5 rings (SSSR count). The molecule has 2 amide bonds. The van der Waals surface area contributed by atoms with E-state index in [2.05, 4.69) is 14.9 Å². The van der Waals surface area contributed by atoms with Crippen molar-refractivity contribution >= 4 is 18.1 Å². The molecule has 0 unspecified atom stereocenters. The van der Waals surface area contributed by atoms with Gasteiger partial charge in [0, 0.05) is 31.6 Å². The Morgan fingerprint density at radius 3 is 2.18 bits per heavy atom. The van der Waals surface area contributed by atoms with E-state index in [0.29, 0.717) is 44.5 Å². The van der Waals surface area contributed by atoms with E-state index in [4.69, 9.17) is 14.2 Å². The molecule has 1 aliphatic carbocycles. The van der Waals surface area contributed by atoms with E-state index in [-0.39, 0.29) is 35.8 Å². The molecule has 2 aromatic rings. The fourth-order valence-corrected chi connectivity index (χ4v) is 5.80. The summed E-state index contributed by atoms with van der Waals surface area (Å²) in [7, 11) is 0. The minimum absolute atomic E-state index is 0.0562. The highest BCUT2D eigenvalue weighted by molar-refractivity contribution is 5.70. The Hall–Kier alpha value is -3.56. The summed E-state index contributed by atoms with van der Waals surface area (Å²) in [6, 6.07) is 9.85. The lowest BCUT2D eigenvalue weighted by atomic mass is 9.62. The molecule has 10 heteroatoms. The summed E-state index contributed by atoms with van der Waals surface area (Å²) in [5.74, 6) is 1.24. The van der Waals surface area contributed by atoms with Crippen molar-refractivity contribution in [3.8, 4) is 5.75 Å². The van der Waals surface area contributed by atoms with Gasteiger partial charge in [0.05, 0.1) is 24.5 Å². The fourth-order valence-electron chi connectivity index (χ4n) is 5.80. The Kier molecular flexibility index (Phi) is 7.31. The summed E-state index contributed by atoms with van der Waals surface area (Å²) in [6.45, 7) is 12.7. The molecule has 3 aliphatic rings. The van der Waals surface area contributed by atoms with Crippen LogP contribution in [0.5, 0.6) is 5.75 Å². The lowest BCUT2D eigenvalue weighted by molar-refractivity contribution is -0.131. The summed E-state index contributed by atoms with van der Waals surface area (Å²) in [5, 5.41) is 0. The van der Waals surface area contributed by atoms with Gasteiger partial charge in [0.2, 0.25) is 5.95 Å². The Balaban J connectivity index is 1.07. The van der Waals surface area contributed by atoms with Gasteiger partial charge in [-0.05, 0) is 53.0 Å². The number of likely N-dealkylation sites (tertiary alicyclic amines) is 1. The summed E-state index contributed by atoms with van der Waals surface area (Å²) >= 11 is 0. The van der Waals surface area contributed by atoms with Crippen LogP contribution in [-0.2, 0) is 16.1 Å². The number of aromatic nitrogens is 2. The molecule has 0 radical (unpaired) electrons. The number of carbonyl (C=O) groups is 2. The van der Waals surface area contributed by atoms with Crippen LogP contribution in [0.1, 0.15) is 53.0 Å². The van der Waals surface area contributed by atoms with Crippen LogP contribution in [0.2, 0.25) is 0 Å². The van der Waals surface area contributed by atoms with Crippen LogP contribution in [0, 0.1) is 5.41 Å². The quantitative estimate of drug-likeness (QED) is 0.550. The van der Waals surface area contributed by atoms with E-state index < -0.39 is 5.60 Å². The van der Waals surface area contributed by atoms with Crippen LogP contribution in [0.4, 0.5) is 15.5 Å². The van der Waals surface area contributed by atoms with E-state index in [1.165, 1.54) is 0 Å². The smallest absolute Gasteiger partial charge is 0.410 e. The van der Waals surface area contributed by atoms with Crippen molar-refractivity contribution in [2.75, 3.05) is 31.1 Å². The van der Waals surface area contributed by atoms with Crippen LogP contribution in [0.25, 0.3) is 0 Å². The average molecular weight is 538 g/mol. The van der Waals surface area contributed by atoms with Crippen LogP contribution in [0.15, 0.2) is 42.7 Å². The maximum Gasteiger partial charge on any atom is 0.410 e. The number of ether oxygens (including phenoxy) is 3. The van der Waals surface area contributed by atoms with E-state index in [1.807, 2.05) is 69.9 Å². The predicted octanol–water partition coefficient (Wildman–Crippen LogP) is 4.49. The number of carbonyl (C=O) groups excluding carboxylic acids is 2. The van der Waals surface area contributed by atoms with Gasteiger partial charge in [0.25, 0.3) is 0 Å². The van der Waals surface area contributed by atoms with Crippen molar-refractivity contribution in [2.24, 2.45) is 5.41 Å². The Morgan fingerprint density at radius 1 is 0.974 bits per heavy atom. The summed E-state index contributed by atoms with van der Waals surface area (Å²) in [5.41, 5.74) is 0.646. The van der Waals surface area contributed by atoms with Gasteiger partial charge in [-0.3, -0.25) is 4.90 Å². The van der Waals surface area contributed by atoms with Gasteiger partial charge in [-0.1, -0.05) is 30.3 Å². The minimum atomic E-state index is -0.499. The van der Waals surface area contributed by atoms with Gasteiger partial charge in [-0.25, -0.2) is 19.6 Å². The van der Waals surface area contributed by atoms with Crippen molar-refractivity contribution in [1.82, 2.24) is 19.8 Å². The summed E-state index contributed by atoms with van der Waals surface area (Å²) in [4.78, 5) is 40.0. The average Bonchev–Trinajstić information content (AvgIpc) is 2.82. The van der Waals surface area contributed by atoms with Crippen molar-refractivity contribution in [3.63, 3.8) is 0 Å². The van der Waals surface area contributed by atoms with Gasteiger partial charge in [-0.15, -0.1) is 0 Å². The lowest BCUT2D eigenvalue weighted by Crippen LogP contribution is -2.66. The second-order valence-corrected chi connectivity index (χ2v) is 12.3. The molecule has 1 spiro atoms. The zero-order valence-corrected chi connectivity index (χ0v) is 23.5. The van der Waals surface area contributed by atoms with Crippen LogP contribution in [-0.4, -0.2) is 81.9 Å². The molecule has 210 valence electrons. The molecule has 1 aromatic heterocycles. The maximum absolute atomic E-state index is 13.1. The first-order valence-electron chi connectivity index (χ1n) is 13.7. The first-order valence-corrected chi connectivity index (χ1v) is 13.7. The zero-order chi connectivity index (χ0) is 27.8. The minimum Gasteiger partial charge on any atom is -0.486 e. The maximum atomic E-state index is 13.1. The summed E-state index contributed by atoms with van der Waals surface area (Å²) < 4.78 is 17.1. The van der Waals surface area contributed by atoms with E-state index in [9.17, 15) is 9.59 Å². The zero-order valence-electron chi connectivity index (χ0n) is 23.5. The third-order valence-corrected chi connectivity index (χ3v) is 7.57. The Labute approximate surface area is 230 Å². The molecule has 0 N–H and O–H groups in total. The van der Waals surface area contributed by atoms with Crippen LogP contribution in [0.3, 0.4) is 0 Å². The predicted molar refractivity (Wildman–Crippen MR) is 146 cm³/mol. The number of anilines is 1. The molecule has 1 saturated carbocycles. The molecular weight excluding hydrogens is 498 g/mol. The molecule has 1 aromatic carbocycles. The first kappa shape index (κ1) is 27.0. The molecule has 3 fully saturated rings. The topological polar surface area (TPSA) is 97.3 Å². The van der Waals surface area contributed by atoms with Gasteiger partial charge in [0.1, 0.15) is 18.3 Å². The second-order valence-electron chi connectivity index (χ2n) is 12.3. The first-order chi connectivity index (χ1) is 18.5. The third-order valence-electron chi connectivity index (χ3n) is 7.57. The number of rotatable bonds is 5. The molecule has 39 heavy (non-hydrogen) atoms. The van der Waals surface area contributed by atoms with Gasteiger partial charge in [-0.2, -0.15) is 0 Å². The van der Waals surface area contributed by atoms with Gasteiger partial charge < -0.3 is 24.0 Å². The number of amides is 2. The second kappa shape index (κ2) is 10.5. The van der Waals surface area contributed by atoms with E-state index in [0.717, 1.165) is 18.4 Å². The standard InChI is InChI=1S/C29H39N5O5/c1-20-15-32(25-30-13-24(14-31-25)37-17-22-9-7-6-8-10-22)16-21(2)34(20)27(36)38-23-11-29(12-23)18-33(19-29)26(35)39-28(3,4)5/h6-10,13-14,20-21,23H,11-12,15-19H2,1-5H3/t20-,21+. The number of piperazine rings is 1. The lowest BCUT2D eigenvalue weighted by Gasteiger charge is -2.58.